The van der Waals surface area contributed by atoms with Gasteiger partial charge in [-0.3, -0.25) is 4.79 Å². The SMILES string of the molecule is COc1ccccc1[C@H](C)NC(=O)COc1ccc2ccccc2c1Br. The Morgan fingerprint density at radius 2 is 1.77 bits per heavy atom. The zero-order chi connectivity index (χ0) is 18.5. The number of amides is 1. The van der Waals surface area contributed by atoms with Crippen LogP contribution >= 0.6 is 15.9 Å². The van der Waals surface area contributed by atoms with E-state index in [1.54, 1.807) is 7.11 Å². The van der Waals surface area contributed by atoms with E-state index in [1.807, 2.05) is 67.6 Å². The molecule has 0 bridgehead atoms. The molecule has 1 N–H and O–H groups in total. The molecule has 0 aliphatic rings. The highest BCUT2D eigenvalue weighted by Crippen LogP contribution is 2.33. The van der Waals surface area contributed by atoms with Gasteiger partial charge in [0.05, 0.1) is 17.6 Å². The molecule has 0 aromatic heterocycles. The minimum absolute atomic E-state index is 0.0591. The van der Waals surface area contributed by atoms with Crippen molar-refractivity contribution >= 4 is 32.6 Å². The molecular weight excluding hydrogens is 394 g/mol. The van der Waals surface area contributed by atoms with Crippen molar-refractivity contribution in [1.29, 1.82) is 0 Å². The summed E-state index contributed by atoms with van der Waals surface area (Å²) in [5.74, 6) is 1.20. The van der Waals surface area contributed by atoms with Crippen molar-refractivity contribution in [2.45, 2.75) is 13.0 Å². The number of halogens is 1. The van der Waals surface area contributed by atoms with Gasteiger partial charge in [0.1, 0.15) is 11.5 Å². The second-order valence-electron chi connectivity index (χ2n) is 5.92. The summed E-state index contributed by atoms with van der Waals surface area (Å²) in [6.07, 6.45) is 0. The van der Waals surface area contributed by atoms with E-state index in [4.69, 9.17) is 9.47 Å². The van der Waals surface area contributed by atoms with Gasteiger partial charge in [-0.15, -0.1) is 0 Å². The van der Waals surface area contributed by atoms with E-state index >= 15 is 0 Å². The average molecular weight is 414 g/mol. The number of nitrogens with one attached hydrogen (secondary N) is 1. The Balaban J connectivity index is 1.65. The number of fused-ring (bicyclic) bond motifs is 1. The maximum Gasteiger partial charge on any atom is 0.258 e. The Hall–Kier alpha value is -2.53. The lowest BCUT2D eigenvalue weighted by Crippen LogP contribution is -2.31. The minimum Gasteiger partial charge on any atom is -0.496 e. The van der Waals surface area contributed by atoms with E-state index < -0.39 is 0 Å². The standard InChI is InChI=1S/C21H20BrNO3/c1-14(16-8-5-6-10-18(16)25-2)23-20(24)13-26-19-12-11-15-7-3-4-9-17(15)21(19)22/h3-12,14H,13H2,1-2H3,(H,23,24)/t14-/m0/s1. The lowest BCUT2D eigenvalue weighted by atomic mass is 10.1. The maximum atomic E-state index is 12.3. The number of carbonyl (C=O) groups excluding carboxylic acids is 1. The Labute approximate surface area is 161 Å². The van der Waals surface area contributed by atoms with Crippen LogP contribution in [0.3, 0.4) is 0 Å². The molecule has 0 saturated carbocycles. The number of ether oxygens (including phenoxy) is 2. The van der Waals surface area contributed by atoms with Crippen molar-refractivity contribution in [2.75, 3.05) is 13.7 Å². The largest absolute Gasteiger partial charge is 0.496 e. The third-order valence-corrected chi connectivity index (χ3v) is 4.99. The Bertz CT molecular complexity index is 926. The van der Waals surface area contributed by atoms with Crippen molar-refractivity contribution < 1.29 is 14.3 Å². The fourth-order valence-electron chi connectivity index (χ4n) is 2.85. The van der Waals surface area contributed by atoms with Crippen LogP contribution in [-0.2, 0) is 4.79 Å². The van der Waals surface area contributed by atoms with Gasteiger partial charge >= 0.3 is 0 Å². The maximum absolute atomic E-state index is 12.3. The van der Waals surface area contributed by atoms with Crippen LogP contribution in [-0.4, -0.2) is 19.6 Å². The molecule has 0 aliphatic heterocycles. The summed E-state index contributed by atoms with van der Waals surface area (Å²) in [4.78, 5) is 12.3. The summed E-state index contributed by atoms with van der Waals surface area (Å²) in [5.41, 5.74) is 0.926. The zero-order valence-electron chi connectivity index (χ0n) is 14.7. The molecule has 3 aromatic rings. The Kier molecular flexibility index (Phi) is 5.78. The summed E-state index contributed by atoms with van der Waals surface area (Å²) in [6, 6.07) is 19.3. The summed E-state index contributed by atoms with van der Waals surface area (Å²) < 4.78 is 11.9. The highest BCUT2D eigenvalue weighted by Gasteiger charge is 2.14. The van der Waals surface area contributed by atoms with Crippen LogP contribution in [0.15, 0.2) is 65.1 Å². The monoisotopic (exact) mass is 413 g/mol. The molecule has 0 heterocycles. The molecule has 3 aromatic carbocycles. The Morgan fingerprint density at radius 3 is 2.58 bits per heavy atom. The van der Waals surface area contributed by atoms with Crippen molar-refractivity contribution in [1.82, 2.24) is 5.32 Å². The third-order valence-electron chi connectivity index (χ3n) is 4.17. The number of rotatable bonds is 6. The molecule has 4 nitrogen and oxygen atoms in total. The number of hydrogen-bond acceptors (Lipinski definition) is 3. The van der Waals surface area contributed by atoms with Crippen LogP contribution in [0.2, 0.25) is 0 Å². The van der Waals surface area contributed by atoms with Crippen LogP contribution in [0.1, 0.15) is 18.5 Å². The van der Waals surface area contributed by atoms with Gasteiger partial charge in [0.15, 0.2) is 6.61 Å². The van der Waals surface area contributed by atoms with Gasteiger partial charge in [-0.25, -0.2) is 0 Å². The number of hydrogen-bond donors (Lipinski definition) is 1. The molecule has 0 spiro atoms. The Morgan fingerprint density at radius 1 is 1.04 bits per heavy atom. The fraction of sp³-hybridized carbons (Fsp3) is 0.190. The summed E-state index contributed by atoms with van der Waals surface area (Å²) in [6.45, 7) is 1.86. The number of carbonyl (C=O) groups is 1. The van der Waals surface area contributed by atoms with Crippen molar-refractivity contribution in [3.05, 3.63) is 70.7 Å². The molecule has 0 saturated heterocycles. The summed E-state index contributed by atoms with van der Waals surface area (Å²) in [7, 11) is 1.62. The van der Waals surface area contributed by atoms with E-state index in [0.29, 0.717) is 5.75 Å². The third kappa shape index (κ3) is 3.99. The van der Waals surface area contributed by atoms with Crippen LogP contribution in [0, 0.1) is 0 Å². The molecule has 134 valence electrons. The number of methoxy groups -OCH3 is 1. The lowest BCUT2D eigenvalue weighted by molar-refractivity contribution is -0.123. The normalized spacial score (nSPS) is 11.8. The fourth-order valence-corrected chi connectivity index (χ4v) is 3.46. The molecule has 3 rings (SSSR count). The second kappa shape index (κ2) is 8.23. The zero-order valence-corrected chi connectivity index (χ0v) is 16.2. The molecule has 5 heteroatoms. The first-order valence-corrected chi connectivity index (χ1v) is 9.11. The van der Waals surface area contributed by atoms with Gasteiger partial charge in [0, 0.05) is 5.56 Å². The molecule has 1 amide bonds. The van der Waals surface area contributed by atoms with Crippen LogP contribution in [0.4, 0.5) is 0 Å². The van der Waals surface area contributed by atoms with Gasteiger partial charge < -0.3 is 14.8 Å². The van der Waals surface area contributed by atoms with Crippen molar-refractivity contribution in [2.24, 2.45) is 0 Å². The minimum atomic E-state index is -0.191. The van der Waals surface area contributed by atoms with Gasteiger partial charge in [0.25, 0.3) is 5.91 Å². The predicted molar refractivity (Wildman–Crippen MR) is 107 cm³/mol. The highest BCUT2D eigenvalue weighted by atomic mass is 79.9. The van der Waals surface area contributed by atoms with E-state index in [2.05, 4.69) is 21.2 Å². The first-order valence-electron chi connectivity index (χ1n) is 8.32. The van der Waals surface area contributed by atoms with E-state index in [9.17, 15) is 4.79 Å². The second-order valence-corrected chi connectivity index (χ2v) is 6.71. The molecule has 0 aliphatic carbocycles. The van der Waals surface area contributed by atoms with Gasteiger partial charge in [-0.05, 0) is 45.8 Å². The molecule has 0 fully saturated rings. The predicted octanol–water partition coefficient (Wildman–Crippen LogP) is 4.87. The summed E-state index contributed by atoms with van der Waals surface area (Å²) >= 11 is 3.57. The van der Waals surface area contributed by atoms with Crippen LogP contribution in [0.5, 0.6) is 11.5 Å². The van der Waals surface area contributed by atoms with Crippen molar-refractivity contribution in [3.8, 4) is 11.5 Å². The van der Waals surface area contributed by atoms with Gasteiger partial charge in [-0.1, -0.05) is 48.5 Å². The van der Waals surface area contributed by atoms with Crippen LogP contribution in [0.25, 0.3) is 10.8 Å². The van der Waals surface area contributed by atoms with Gasteiger partial charge in [0.2, 0.25) is 0 Å². The average Bonchev–Trinajstić information content (AvgIpc) is 2.67. The molecule has 0 unspecified atom stereocenters. The quantitative estimate of drug-likeness (QED) is 0.626. The lowest BCUT2D eigenvalue weighted by Gasteiger charge is -2.17. The van der Waals surface area contributed by atoms with E-state index in [1.165, 1.54) is 0 Å². The topological polar surface area (TPSA) is 47.6 Å². The highest BCUT2D eigenvalue weighted by molar-refractivity contribution is 9.10. The first kappa shape index (κ1) is 18.3. The molecular formula is C21H20BrNO3. The smallest absolute Gasteiger partial charge is 0.258 e. The molecule has 26 heavy (non-hydrogen) atoms. The first-order chi connectivity index (χ1) is 12.6. The number of para-hydroxylation sites is 1. The summed E-state index contributed by atoms with van der Waals surface area (Å²) in [5, 5.41) is 5.10. The number of benzene rings is 3. The van der Waals surface area contributed by atoms with E-state index in [0.717, 1.165) is 26.6 Å². The van der Waals surface area contributed by atoms with Crippen LogP contribution < -0.4 is 14.8 Å². The van der Waals surface area contributed by atoms with E-state index in [-0.39, 0.29) is 18.6 Å². The molecule has 1 atom stereocenters. The molecule has 0 radical (unpaired) electrons. The van der Waals surface area contributed by atoms with Crippen molar-refractivity contribution in [3.63, 3.8) is 0 Å². The van der Waals surface area contributed by atoms with Gasteiger partial charge in [-0.2, -0.15) is 0 Å².